The van der Waals surface area contributed by atoms with Gasteiger partial charge < -0.3 is 10.4 Å². The van der Waals surface area contributed by atoms with Crippen LogP contribution in [0.15, 0.2) is 0 Å². The summed E-state index contributed by atoms with van der Waals surface area (Å²) in [6.07, 6.45) is 0.631. The summed E-state index contributed by atoms with van der Waals surface area (Å²) in [4.78, 5) is 10.1. The van der Waals surface area contributed by atoms with Crippen molar-refractivity contribution in [2.24, 2.45) is 0 Å². The molecule has 0 saturated carbocycles. The highest BCUT2D eigenvalue weighted by Gasteiger charge is 2.09. The Bertz CT molecular complexity index is 78.5. The quantitative estimate of drug-likeness (QED) is 0.550. The first-order valence-electron chi connectivity index (χ1n) is 2.62. The lowest BCUT2D eigenvalue weighted by atomic mass is 10.2. The van der Waals surface area contributed by atoms with E-state index in [0.717, 1.165) is 0 Å². The minimum atomic E-state index is -0.782. The third kappa shape index (κ3) is 1.93. The van der Waals surface area contributed by atoms with Crippen LogP contribution >= 0.6 is 0 Å². The smallest absolute Gasteiger partial charge is 0.320 e. The summed E-state index contributed by atoms with van der Waals surface area (Å²) in [5.74, 6) is -0.782. The van der Waals surface area contributed by atoms with E-state index < -0.39 is 5.97 Å². The van der Waals surface area contributed by atoms with Gasteiger partial charge in [-0.25, -0.2) is 0 Å². The molecule has 1 atom stereocenters. The Hall–Kier alpha value is -0.570. The molecule has 0 aliphatic carbocycles. The molecule has 2 N–H and O–H groups in total. The molecule has 0 rings (SSSR count). The van der Waals surface area contributed by atoms with E-state index in [9.17, 15) is 4.79 Å². The molecule has 0 amide bonds. The number of hydrogen-bond acceptors (Lipinski definition) is 2. The molecule has 0 saturated heterocycles. The first-order chi connectivity index (χ1) is 3.72. The molecule has 0 bridgehead atoms. The molecule has 8 heavy (non-hydrogen) atoms. The highest BCUT2D eigenvalue weighted by Crippen LogP contribution is 1.86. The molecule has 0 aliphatic rings. The summed E-state index contributed by atoms with van der Waals surface area (Å²) in [7, 11) is 1.64. The molecule has 48 valence electrons. The second kappa shape index (κ2) is 3.43. The molecule has 0 radical (unpaired) electrons. The average Bonchev–Trinajstić information content (AvgIpc) is 1.69. The Labute approximate surface area is 48.7 Å². The minimum absolute atomic E-state index is 0.380. The van der Waals surface area contributed by atoms with Gasteiger partial charge in [-0.15, -0.1) is 0 Å². The van der Waals surface area contributed by atoms with Crippen molar-refractivity contribution in [3.05, 3.63) is 0 Å². The zero-order valence-electron chi connectivity index (χ0n) is 5.14. The standard InChI is InChI=1S/C5H11NO2/c1-3-4(6-2)5(7)8/h4,6H,3H2,1-2H3,(H,7,8)/t4-/m1/s1. The number of carboxylic acid groups (broad SMARTS) is 1. The van der Waals surface area contributed by atoms with Gasteiger partial charge in [0.15, 0.2) is 0 Å². The Balaban J connectivity index is 3.52. The summed E-state index contributed by atoms with van der Waals surface area (Å²) in [6, 6.07) is -0.380. The van der Waals surface area contributed by atoms with Crippen LogP contribution in [-0.4, -0.2) is 24.2 Å². The van der Waals surface area contributed by atoms with Crippen LogP contribution in [0.5, 0.6) is 0 Å². The van der Waals surface area contributed by atoms with Gasteiger partial charge in [0.05, 0.1) is 0 Å². The molecule has 0 aromatic rings. The third-order valence-corrected chi connectivity index (χ3v) is 1.05. The van der Waals surface area contributed by atoms with Crippen molar-refractivity contribution in [3.63, 3.8) is 0 Å². The summed E-state index contributed by atoms with van der Waals surface area (Å²) in [5.41, 5.74) is 0. The van der Waals surface area contributed by atoms with Crippen LogP contribution in [0.4, 0.5) is 0 Å². The largest absolute Gasteiger partial charge is 0.480 e. The van der Waals surface area contributed by atoms with E-state index in [-0.39, 0.29) is 6.04 Å². The lowest BCUT2D eigenvalue weighted by Gasteiger charge is -2.05. The molecule has 0 fully saturated rings. The summed E-state index contributed by atoms with van der Waals surface area (Å²) >= 11 is 0. The Morgan fingerprint density at radius 1 is 1.88 bits per heavy atom. The van der Waals surface area contributed by atoms with E-state index in [2.05, 4.69) is 5.32 Å². The summed E-state index contributed by atoms with van der Waals surface area (Å²) < 4.78 is 0. The number of aliphatic carboxylic acids is 1. The van der Waals surface area contributed by atoms with Crippen LogP contribution < -0.4 is 5.32 Å². The lowest BCUT2D eigenvalue weighted by Crippen LogP contribution is -2.32. The maximum absolute atomic E-state index is 10.1. The number of likely N-dealkylation sites (N-methyl/N-ethyl adjacent to an activating group) is 1. The molecular weight excluding hydrogens is 106 g/mol. The van der Waals surface area contributed by atoms with Gasteiger partial charge in [-0.2, -0.15) is 0 Å². The fraction of sp³-hybridized carbons (Fsp3) is 0.800. The van der Waals surface area contributed by atoms with Crippen LogP contribution in [0.3, 0.4) is 0 Å². The number of carboxylic acids is 1. The van der Waals surface area contributed by atoms with Crippen LogP contribution in [0, 0.1) is 0 Å². The van der Waals surface area contributed by atoms with Crippen molar-refractivity contribution in [1.29, 1.82) is 0 Å². The zero-order chi connectivity index (χ0) is 6.57. The van der Waals surface area contributed by atoms with Gasteiger partial charge in [-0.05, 0) is 13.5 Å². The Kier molecular flexibility index (Phi) is 3.19. The van der Waals surface area contributed by atoms with Gasteiger partial charge in [-0.3, -0.25) is 4.79 Å². The lowest BCUT2D eigenvalue weighted by molar-refractivity contribution is -0.139. The van der Waals surface area contributed by atoms with Crippen molar-refractivity contribution in [2.45, 2.75) is 19.4 Å². The average molecular weight is 117 g/mol. The van der Waals surface area contributed by atoms with Crippen LogP contribution in [0.1, 0.15) is 13.3 Å². The van der Waals surface area contributed by atoms with Gasteiger partial charge in [0.25, 0.3) is 0 Å². The summed E-state index contributed by atoms with van der Waals surface area (Å²) in [6.45, 7) is 1.83. The van der Waals surface area contributed by atoms with Gasteiger partial charge in [-0.1, -0.05) is 6.92 Å². The molecule has 0 unspecified atom stereocenters. The molecule has 0 aliphatic heterocycles. The van der Waals surface area contributed by atoms with Gasteiger partial charge >= 0.3 is 5.97 Å². The summed E-state index contributed by atoms with van der Waals surface area (Å²) in [5, 5.41) is 11.0. The molecule has 3 nitrogen and oxygen atoms in total. The first-order valence-corrected chi connectivity index (χ1v) is 2.62. The van der Waals surface area contributed by atoms with Crippen molar-refractivity contribution in [3.8, 4) is 0 Å². The maximum atomic E-state index is 10.1. The highest BCUT2D eigenvalue weighted by atomic mass is 16.4. The van der Waals surface area contributed by atoms with Gasteiger partial charge in [0.2, 0.25) is 0 Å². The van der Waals surface area contributed by atoms with E-state index in [1.807, 2.05) is 6.92 Å². The predicted molar refractivity (Wildman–Crippen MR) is 30.8 cm³/mol. The molecule has 3 heteroatoms. The van der Waals surface area contributed by atoms with Crippen LogP contribution in [0.2, 0.25) is 0 Å². The Morgan fingerprint density at radius 2 is 2.38 bits per heavy atom. The second-order valence-corrected chi connectivity index (χ2v) is 1.59. The molecule has 0 heterocycles. The first kappa shape index (κ1) is 7.43. The Morgan fingerprint density at radius 3 is 2.38 bits per heavy atom. The van der Waals surface area contributed by atoms with Crippen LogP contribution in [-0.2, 0) is 4.79 Å². The number of hydrogen-bond donors (Lipinski definition) is 2. The van der Waals surface area contributed by atoms with Crippen molar-refractivity contribution in [2.75, 3.05) is 7.05 Å². The monoisotopic (exact) mass is 117 g/mol. The molecule has 0 aromatic heterocycles. The predicted octanol–water partition coefficient (Wildman–Crippen LogP) is 0.0690. The number of rotatable bonds is 3. The number of nitrogens with one attached hydrogen (secondary N) is 1. The fourth-order valence-corrected chi connectivity index (χ4v) is 0.502. The van der Waals surface area contributed by atoms with Crippen molar-refractivity contribution < 1.29 is 9.90 Å². The number of carbonyl (C=O) groups is 1. The highest BCUT2D eigenvalue weighted by molar-refractivity contribution is 5.73. The minimum Gasteiger partial charge on any atom is -0.480 e. The van der Waals surface area contributed by atoms with E-state index in [4.69, 9.17) is 5.11 Å². The topological polar surface area (TPSA) is 49.3 Å². The van der Waals surface area contributed by atoms with Crippen molar-refractivity contribution >= 4 is 5.97 Å². The SMILES string of the molecule is CC[C@@H](NC)C(=O)O. The van der Waals surface area contributed by atoms with Crippen LogP contribution in [0.25, 0.3) is 0 Å². The van der Waals surface area contributed by atoms with Gasteiger partial charge in [0.1, 0.15) is 6.04 Å². The van der Waals surface area contributed by atoms with E-state index >= 15 is 0 Å². The molecular formula is C5H11NO2. The van der Waals surface area contributed by atoms with E-state index in [1.54, 1.807) is 7.05 Å². The van der Waals surface area contributed by atoms with E-state index in [0.29, 0.717) is 6.42 Å². The van der Waals surface area contributed by atoms with E-state index in [1.165, 1.54) is 0 Å². The zero-order valence-corrected chi connectivity index (χ0v) is 5.14. The fourth-order valence-electron chi connectivity index (χ4n) is 0.502. The molecule has 0 aromatic carbocycles. The third-order valence-electron chi connectivity index (χ3n) is 1.05. The maximum Gasteiger partial charge on any atom is 0.320 e. The molecule has 0 spiro atoms. The van der Waals surface area contributed by atoms with Gasteiger partial charge in [0, 0.05) is 0 Å². The normalized spacial score (nSPS) is 13.2. The van der Waals surface area contributed by atoms with Crippen molar-refractivity contribution in [1.82, 2.24) is 5.32 Å². The second-order valence-electron chi connectivity index (χ2n) is 1.59.